The van der Waals surface area contributed by atoms with E-state index >= 15 is 0 Å². The monoisotopic (exact) mass is 862 g/mol. The highest BCUT2D eigenvalue weighted by Gasteiger charge is 2.65. The van der Waals surface area contributed by atoms with Gasteiger partial charge in [0.2, 0.25) is 11.9 Å². The summed E-state index contributed by atoms with van der Waals surface area (Å²) in [6, 6.07) is 31.2. The van der Waals surface area contributed by atoms with Crippen molar-refractivity contribution in [2.45, 2.75) is 90.3 Å². The number of piperidine rings is 1. The lowest BCUT2D eigenvalue weighted by Crippen LogP contribution is -2.73. The van der Waals surface area contributed by atoms with Gasteiger partial charge in [-0.05, 0) is 117 Å². The number of fused-ring (bicyclic) bond motifs is 1. The fourth-order valence-electron chi connectivity index (χ4n) is 8.33. The zero-order valence-electron chi connectivity index (χ0n) is 36.2. The van der Waals surface area contributed by atoms with E-state index in [0.717, 1.165) is 97.9 Å². The lowest BCUT2D eigenvalue weighted by Gasteiger charge is -2.47. The fourth-order valence-corrected chi connectivity index (χ4v) is 8.33. The summed E-state index contributed by atoms with van der Waals surface area (Å²) in [6.07, 6.45) is -3.48. The summed E-state index contributed by atoms with van der Waals surface area (Å²) < 4.78 is 42.1. The second-order valence-electron chi connectivity index (χ2n) is 15.9. The van der Waals surface area contributed by atoms with Crippen LogP contribution in [0.15, 0.2) is 97.1 Å². The number of Topliss-reactive ketones (excluding diaryl/α,β-unsaturated/α-hetero) is 1. The highest BCUT2D eigenvalue weighted by molar-refractivity contribution is 5.93. The second kappa shape index (κ2) is 19.9. The lowest BCUT2D eigenvalue weighted by molar-refractivity contribution is -0.306. The van der Waals surface area contributed by atoms with Crippen molar-refractivity contribution in [3.63, 3.8) is 0 Å². The Bertz CT molecular complexity index is 2390. The molecule has 0 saturated carbocycles. The molecule has 332 valence electrons. The minimum absolute atomic E-state index is 0.146. The third-order valence-electron chi connectivity index (χ3n) is 11.5. The predicted molar refractivity (Wildman–Crippen MR) is 232 cm³/mol. The lowest BCUT2D eigenvalue weighted by atomic mass is 9.83. The van der Waals surface area contributed by atoms with E-state index in [1.54, 1.807) is 12.1 Å². The normalized spacial score (nSPS) is 21.3. The van der Waals surface area contributed by atoms with E-state index in [9.17, 15) is 24.3 Å². The molecular formula is C49H54N2O12. The number of ether oxygens (including phenoxy) is 7. The van der Waals surface area contributed by atoms with Gasteiger partial charge in [-0.1, -0.05) is 48.9 Å². The van der Waals surface area contributed by atoms with Gasteiger partial charge in [-0.3, -0.25) is 19.3 Å². The topological polar surface area (TPSA) is 161 Å². The van der Waals surface area contributed by atoms with E-state index in [-0.39, 0.29) is 5.75 Å². The number of rotatable bonds is 16. The molecule has 5 aromatic rings. The summed E-state index contributed by atoms with van der Waals surface area (Å²) in [4.78, 5) is 53.0. The van der Waals surface area contributed by atoms with Crippen LogP contribution < -0.4 is 14.2 Å². The van der Waals surface area contributed by atoms with E-state index in [2.05, 4.69) is 34.6 Å². The Morgan fingerprint density at radius 3 is 2.10 bits per heavy atom. The summed E-state index contributed by atoms with van der Waals surface area (Å²) >= 11 is 0. The summed E-state index contributed by atoms with van der Waals surface area (Å²) in [5.41, 5.74) is 3.15. The molecule has 0 spiro atoms. The number of methoxy groups -OCH3 is 1. The maximum Gasteiger partial charge on any atom is 0.339 e. The molecule has 2 fully saturated rings. The quantitative estimate of drug-likeness (QED) is 0.0839. The van der Waals surface area contributed by atoms with Crippen LogP contribution in [0.5, 0.6) is 17.2 Å². The molecule has 4 aromatic carbocycles. The number of ketones is 1. The van der Waals surface area contributed by atoms with Crippen LogP contribution >= 0.6 is 0 Å². The maximum atomic E-state index is 13.2. The zero-order chi connectivity index (χ0) is 44.7. The molecule has 14 heteroatoms. The van der Waals surface area contributed by atoms with E-state index in [1.807, 2.05) is 66.7 Å². The smallest absolute Gasteiger partial charge is 0.339 e. The average Bonchev–Trinajstić information content (AvgIpc) is 3.55. The molecule has 0 radical (unpaired) electrons. The number of aliphatic hydroxyl groups is 1. The zero-order valence-corrected chi connectivity index (χ0v) is 36.2. The summed E-state index contributed by atoms with van der Waals surface area (Å²) in [5.74, 6) is -2.06. The molecule has 14 nitrogen and oxygen atoms in total. The van der Waals surface area contributed by atoms with E-state index in [4.69, 9.17) is 33.2 Å². The molecule has 2 aliphatic heterocycles. The van der Waals surface area contributed by atoms with Crippen molar-refractivity contribution in [1.29, 1.82) is 0 Å². The van der Waals surface area contributed by atoms with Gasteiger partial charge in [0, 0.05) is 37.8 Å². The maximum absolute atomic E-state index is 13.2. The second-order valence-corrected chi connectivity index (χ2v) is 15.9. The van der Waals surface area contributed by atoms with Crippen molar-refractivity contribution in [1.82, 2.24) is 9.47 Å². The van der Waals surface area contributed by atoms with E-state index in [1.165, 1.54) is 19.3 Å². The van der Waals surface area contributed by atoms with Crippen molar-refractivity contribution in [3.05, 3.63) is 114 Å². The number of nitrogens with zero attached hydrogens (tertiary/aromatic N) is 2. The number of hydrogen-bond acceptors (Lipinski definition) is 13. The standard InChI is InChI=1S/C49H54N2O12/c1-31-41-28-40(59-30-36-12-8-6-9-13-36)22-23-42(41)51(29-35-14-18-38(19-15-35)58-27-26-50-24-10-7-11-25-50)43(31)37-16-20-39(21-17-37)62-48-49(56,32(2)52)46(61-34(4)54)44(60-33(3)53)45(63-48)47(55)57-5/h6,8-9,12-23,28,44-46,48,56H,7,10-11,24-27,29-30H2,1-5H3/t44-,45+,46+,48-,49-/m1/s1. The molecule has 2 saturated heterocycles. The molecule has 0 unspecified atom stereocenters. The van der Waals surface area contributed by atoms with E-state index < -0.39 is 53.9 Å². The summed E-state index contributed by atoms with van der Waals surface area (Å²) in [6.45, 7) is 9.94. The molecular weight excluding hydrogens is 809 g/mol. The molecule has 1 aromatic heterocycles. The SMILES string of the molecule is COC(=O)[C@H]1O[C@@H](Oc2ccc(-c3c(C)c4cc(OCc5ccccc5)ccc4n3Cc3ccc(OCCN4CCCCC4)cc3)cc2)[C@@](O)(C(C)=O)[C@@H](OC(C)=O)[C@@H]1OC(C)=O. The van der Waals surface area contributed by atoms with Gasteiger partial charge in [0.1, 0.15) is 30.5 Å². The fraction of sp³-hybridized carbons (Fsp3) is 0.388. The van der Waals surface area contributed by atoms with Crippen LogP contribution in [0.2, 0.25) is 0 Å². The van der Waals surface area contributed by atoms with Crippen molar-refractivity contribution in [3.8, 4) is 28.5 Å². The minimum atomic E-state index is -2.72. The van der Waals surface area contributed by atoms with E-state index in [0.29, 0.717) is 19.8 Å². The van der Waals surface area contributed by atoms with Crippen LogP contribution in [0.4, 0.5) is 0 Å². The van der Waals surface area contributed by atoms with Crippen molar-refractivity contribution < 1.29 is 57.4 Å². The number of aromatic nitrogens is 1. The predicted octanol–water partition coefficient (Wildman–Crippen LogP) is 6.57. The summed E-state index contributed by atoms with van der Waals surface area (Å²) in [7, 11) is 1.08. The van der Waals surface area contributed by atoms with Crippen LogP contribution in [-0.2, 0) is 51.3 Å². The highest BCUT2D eigenvalue weighted by atomic mass is 16.7. The van der Waals surface area contributed by atoms with Crippen LogP contribution in [0.3, 0.4) is 0 Å². The number of benzene rings is 4. The first-order chi connectivity index (χ1) is 30.3. The van der Waals surface area contributed by atoms with Crippen LogP contribution in [0, 0.1) is 6.92 Å². The van der Waals surface area contributed by atoms with Gasteiger partial charge in [-0.15, -0.1) is 0 Å². The van der Waals surface area contributed by atoms with Crippen LogP contribution in [0.1, 0.15) is 56.7 Å². The Balaban J connectivity index is 1.19. The van der Waals surface area contributed by atoms with Crippen molar-refractivity contribution >= 4 is 34.6 Å². The number of likely N-dealkylation sites (tertiary alicyclic amines) is 1. The highest BCUT2D eigenvalue weighted by Crippen LogP contribution is 2.39. The van der Waals surface area contributed by atoms with Gasteiger partial charge in [0.25, 0.3) is 0 Å². The van der Waals surface area contributed by atoms with Gasteiger partial charge >= 0.3 is 17.9 Å². The number of hydrogen-bond donors (Lipinski definition) is 1. The third-order valence-corrected chi connectivity index (χ3v) is 11.5. The molecule has 0 bridgehead atoms. The van der Waals surface area contributed by atoms with Crippen LogP contribution in [-0.4, -0.2) is 102 Å². The van der Waals surface area contributed by atoms with Gasteiger partial charge < -0.3 is 42.8 Å². The van der Waals surface area contributed by atoms with Gasteiger partial charge in [-0.2, -0.15) is 0 Å². The Morgan fingerprint density at radius 2 is 1.44 bits per heavy atom. The largest absolute Gasteiger partial charge is 0.492 e. The number of esters is 3. The molecule has 1 N–H and O–H groups in total. The number of carbonyl (C=O) groups is 4. The Morgan fingerprint density at radius 1 is 0.778 bits per heavy atom. The first-order valence-corrected chi connectivity index (χ1v) is 21.2. The molecule has 63 heavy (non-hydrogen) atoms. The Kier molecular flexibility index (Phi) is 14.1. The number of aryl methyl sites for hydroxylation is 1. The van der Waals surface area contributed by atoms with Crippen molar-refractivity contribution in [2.24, 2.45) is 0 Å². The first kappa shape index (κ1) is 44.8. The molecule has 0 amide bonds. The van der Waals surface area contributed by atoms with Gasteiger partial charge in [-0.25, -0.2) is 4.79 Å². The Labute approximate surface area is 366 Å². The molecule has 2 aliphatic rings. The van der Waals surface area contributed by atoms with Crippen molar-refractivity contribution in [2.75, 3.05) is 33.4 Å². The summed E-state index contributed by atoms with van der Waals surface area (Å²) in [5, 5.41) is 13.0. The molecule has 7 rings (SSSR count). The minimum Gasteiger partial charge on any atom is -0.492 e. The number of carbonyl (C=O) groups excluding carboxylic acids is 4. The molecule has 3 heterocycles. The molecule has 0 aliphatic carbocycles. The first-order valence-electron chi connectivity index (χ1n) is 21.2. The van der Waals surface area contributed by atoms with Gasteiger partial charge in [0.15, 0.2) is 24.1 Å². The molecule has 5 atom stereocenters. The van der Waals surface area contributed by atoms with Crippen LogP contribution in [0.25, 0.3) is 22.2 Å². The Hall–Kier alpha value is -6.22. The third kappa shape index (κ3) is 10.2. The average molecular weight is 863 g/mol. The van der Waals surface area contributed by atoms with Gasteiger partial charge in [0.05, 0.1) is 12.8 Å².